The first-order chi connectivity index (χ1) is 8.97. The molecule has 0 aliphatic heterocycles. The molecule has 0 saturated carbocycles. The molecular formula is C16H17O2S. The van der Waals surface area contributed by atoms with E-state index < -0.39 is 5.97 Å². The fourth-order valence-corrected chi connectivity index (χ4v) is 2.98. The molecule has 2 rings (SSSR count). The van der Waals surface area contributed by atoms with Crippen LogP contribution in [0.2, 0.25) is 0 Å². The number of aryl methyl sites for hydroxylation is 1. The number of carboxylic acids is 1. The van der Waals surface area contributed by atoms with Crippen LogP contribution in [-0.4, -0.2) is 11.1 Å². The minimum absolute atomic E-state index is 0.392. The number of hydrogen-bond donors (Lipinski definition) is 1. The first-order valence-electron chi connectivity index (χ1n) is 6.23. The Kier molecular flexibility index (Phi) is 4.05. The molecule has 2 aromatic rings. The van der Waals surface area contributed by atoms with E-state index in [9.17, 15) is 4.79 Å². The Morgan fingerprint density at radius 1 is 1.37 bits per heavy atom. The third kappa shape index (κ3) is 3.24. The van der Waals surface area contributed by atoms with Crippen LogP contribution in [-0.2, 0) is 6.42 Å². The highest BCUT2D eigenvalue weighted by molar-refractivity contribution is 7.14. The second kappa shape index (κ2) is 5.57. The van der Waals surface area contributed by atoms with Gasteiger partial charge in [-0.15, -0.1) is 11.3 Å². The van der Waals surface area contributed by atoms with Crippen molar-refractivity contribution in [3.8, 4) is 11.1 Å². The predicted octanol–water partition coefficient (Wildman–Crippen LogP) is 4.43. The van der Waals surface area contributed by atoms with Gasteiger partial charge in [0.05, 0.1) is 0 Å². The highest BCUT2D eigenvalue weighted by Crippen LogP contribution is 2.31. The van der Waals surface area contributed by atoms with E-state index in [-0.39, 0.29) is 0 Å². The third-order valence-electron chi connectivity index (χ3n) is 2.98. The number of rotatable bonds is 4. The topological polar surface area (TPSA) is 37.3 Å². The quantitative estimate of drug-likeness (QED) is 0.894. The van der Waals surface area contributed by atoms with Crippen molar-refractivity contribution in [3.05, 3.63) is 52.6 Å². The molecule has 0 unspecified atom stereocenters. The Morgan fingerprint density at radius 2 is 2.00 bits per heavy atom. The first-order valence-corrected chi connectivity index (χ1v) is 7.05. The number of aromatic carboxylic acids is 1. The zero-order valence-electron chi connectivity index (χ0n) is 11.1. The minimum Gasteiger partial charge on any atom is -0.477 e. The highest BCUT2D eigenvalue weighted by Gasteiger charge is 2.12. The van der Waals surface area contributed by atoms with E-state index in [1.54, 1.807) is 6.07 Å². The van der Waals surface area contributed by atoms with Crippen molar-refractivity contribution in [1.82, 2.24) is 0 Å². The van der Waals surface area contributed by atoms with E-state index in [0.717, 1.165) is 22.4 Å². The Bertz CT molecular complexity index is 579. The summed E-state index contributed by atoms with van der Waals surface area (Å²) in [5, 5.41) is 9.02. The van der Waals surface area contributed by atoms with Gasteiger partial charge in [-0.2, -0.15) is 0 Å². The summed E-state index contributed by atoms with van der Waals surface area (Å²) < 4.78 is 0. The number of hydrogen-bond acceptors (Lipinski definition) is 2. The molecule has 0 spiro atoms. The van der Waals surface area contributed by atoms with Crippen LogP contribution < -0.4 is 0 Å². The van der Waals surface area contributed by atoms with Gasteiger partial charge >= 0.3 is 5.97 Å². The van der Waals surface area contributed by atoms with E-state index in [4.69, 9.17) is 5.11 Å². The molecule has 1 atom stereocenters. The Balaban J connectivity index is 2.29. The molecule has 0 fully saturated rings. The molecule has 0 aliphatic rings. The Hall–Kier alpha value is -1.61. The molecule has 1 aromatic heterocycles. The molecule has 1 aromatic carbocycles. The van der Waals surface area contributed by atoms with Crippen LogP contribution in [0.4, 0.5) is 0 Å². The van der Waals surface area contributed by atoms with E-state index in [1.165, 1.54) is 16.9 Å². The maximum absolute atomic E-state index is 11.0. The smallest absolute Gasteiger partial charge is 0.345 e. The van der Waals surface area contributed by atoms with Crippen LogP contribution in [0.5, 0.6) is 0 Å². The van der Waals surface area contributed by atoms with Crippen molar-refractivity contribution >= 4 is 17.3 Å². The lowest BCUT2D eigenvalue weighted by molar-refractivity contribution is 0.0702. The fraction of sp³-hybridized carbons (Fsp3) is 0.250. The van der Waals surface area contributed by atoms with Crippen molar-refractivity contribution in [2.24, 2.45) is 5.92 Å². The summed E-state index contributed by atoms with van der Waals surface area (Å²) in [6, 6.07) is 10.0. The lowest BCUT2D eigenvalue weighted by Gasteiger charge is -2.06. The van der Waals surface area contributed by atoms with Crippen LogP contribution in [0.25, 0.3) is 11.1 Å². The van der Waals surface area contributed by atoms with E-state index in [2.05, 4.69) is 38.1 Å². The van der Waals surface area contributed by atoms with Gasteiger partial charge in [-0.05, 0) is 42.0 Å². The number of thiophene rings is 1. The van der Waals surface area contributed by atoms with Gasteiger partial charge in [-0.25, -0.2) is 4.79 Å². The number of benzene rings is 1. The van der Waals surface area contributed by atoms with Crippen molar-refractivity contribution in [2.75, 3.05) is 0 Å². The molecule has 0 aliphatic carbocycles. The second-order valence-corrected chi connectivity index (χ2v) is 6.15. The van der Waals surface area contributed by atoms with Gasteiger partial charge in [-0.1, -0.05) is 38.1 Å². The predicted molar refractivity (Wildman–Crippen MR) is 79.7 cm³/mol. The maximum atomic E-state index is 11.0. The van der Waals surface area contributed by atoms with E-state index >= 15 is 0 Å². The summed E-state index contributed by atoms with van der Waals surface area (Å²) in [5.41, 5.74) is 3.34. The van der Waals surface area contributed by atoms with Crippen molar-refractivity contribution in [2.45, 2.75) is 20.3 Å². The molecule has 19 heavy (non-hydrogen) atoms. The lowest BCUT2D eigenvalue weighted by Crippen LogP contribution is -1.93. The normalized spacial score (nSPS) is 10.9. The van der Waals surface area contributed by atoms with Crippen molar-refractivity contribution < 1.29 is 9.90 Å². The van der Waals surface area contributed by atoms with Crippen LogP contribution in [0, 0.1) is 19.8 Å². The monoisotopic (exact) mass is 273 g/mol. The van der Waals surface area contributed by atoms with Gasteiger partial charge in [0, 0.05) is 4.88 Å². The number of carbonyl (C=O) groups is 1. The zero-order chi connectivity index (χ0) is 14.0. The number of carboxylic acid groups (broad SMARTS) is 1. The first kappa shape index (κ1) is 13.8. The average molecular weight is 273 g/mol. The molecule has 1 N–H and O–H groups in total. The van der Waals surface area contributed by atoms with E-state index in [1.807, 2.05) is 6.92 Å². The molecular weight excluding hydrogens is 256 g/mol. The van der Waals surface area contributed by atoms with Gasteiger partial charge in [-0.3, -0.25) is 0 Å². The summed E-state index contributed by atoms with van der Waals surface area (Å²) in [6.07, 6.45) is 0.962. The van der Waals surface area contributed by atoms with Gasteiger partial charge < -0.3 is 5.11 Å². The third-order valence-corrected chi connectivity index (χ3v) is 4.02. The van der Waals surface area contributed by atoms with Gasteiger partial charge in [0.25, 0.3) is 0 Å². The summed E-state index contributed by atoms with van der Waals surface area (Å²) in [6.45, 7) is 8.04. The van der Waals surface area contributed by atoms with Gasteiger partial charge in [0.15, 0.2) is 0 Å². The minimum atomic E-state index is -0.859. The Labute approximate surface area is 117 Å². The van der Waals surface area contributed by atoms with Crippen LogP contribution >= 0.6 is 11.3 Å². The fourth-order valence-electron chi connectivity index (χ4n) is 2.10. The molecule has 1 heterocycles. The Morgan fingerprint density at radius 3 is 2.47 bits per heavy atom. The van der Waals surface area contributed by atoms with Crippen LogP contribution in [0.1, 0.15) is 27.0 Å². The summed E-state index contributed by atoms with van der Waals surface area (Å²) in [5.74, 6) is -0.464. The zero-order valence-corrected chi connectivity index (χ0v) is 12.0. The highest BCUT2D eigenvalue weighted by atomic mass is 32.1. The van der Waals surface area contributed by atoms with E-state index in [0.29, 0.717) is 10.8 Å². The summed E-state index contributed by atoms with van der Waals surface area (Å²) in [4.78, 5) is 12.4. The second-order valence-electron chi connectivity index (χ2n) is 4.89. The summed E-state index contributed by atoms with van der Waals surface area (Å²) in [7, 11) is 0. The average Bonchev–Trinajstić information content (AvgIpc) is 2.72. The largest absolute Gasteiger partial charge is 0.477 e. The molecule has 0 bridgehead atoms. The SMILES string of the molecule is [CH2][C@@H](C)Cc1ccc(-c2cc(C(=O)O)sc2C)cc1. The molecule has 0 amide bonds. The standard InChI is InChI=1S/C16H17O2S/c1-10(2)8-12-4-6-13(7-5-12)14-9-15(16(17)18)19-11(14)3/h4-7,9-10H,1,8H2,2-3H3,(H,17,18)/t10-/m0/s1. The molecule has 99 valence electrons. The van der Waals surface area contributed by atoms with Crippen LogP contribution in [0.15, 0.2) is 30.3 Å². The maximum Gasteiger partial charge on any atom is 0.345 e. The molecule has 0 saturated heterocycles. The lowest BCUT2D eigenvalue weighted by atomic mass is 9.99. The molecule has 1 radical (unpaired) electrons. The van der Waals surface area contributed by atoms with Crippen molar-refractivity contribution in [3.63, 3.8) is 0 Å². The molecule has 3 heteroatoms. The van der Waals surface area contributed by atoms with Crippen molar-refractivity contribution in [1.29, 1.82) is 0 Å². The van der Waals surface area contributed by atoms with Gasteiger partial charge in [0.2, 0.25) is 0 Å². The summed E-state index contributed by atoms with van der Waals surface area (Å²) >= 11 is 1.32. The van der Waals surface area contributed by atoms with Crippen LogP contribution in [0.3, 0.4) is 0 Å². The molecule has 2 nitrogen and oxygen atoms in total. The van der Waals surface area contributed by atoms with Gasteiger partial charge in [0.1, 0.15) is 4.88 Å².